The Morgan fingerprint density at radius 1 is 1.10 bits per heavy atom. The molecule has 1 aliphatic heterocycles. The highest BCUT2D eigenvalue weighted by Gasteiger charge is 2.19. The lowest BCUT2D eigenvalue weighted by Crippen LogP contribution is -2.47. The van der Waals surface area contributed by atoms with Gasteiger partial charge in [0.25, 0.3) is 0 Å². The number of halogens is 2. The minimum Gasteiger partial charge on any atom is -0.368 e. The van der Waals surface area contributed by atoms with Crippen LogP contribution in [-0.2, 0) is 0 Å². The van der Waals surface area contributed by atoms with E-state index in [0.29, 0.717) is 0 Å². The first-order valence-electron chi connectivity index (χ1n) is 6.45. The molecule has 1 aliphatic rings. The van der Waals surface area contributed by atoms with Crippen LogP contribution in [0.25, 0.3) is 0 Å². The maximum atomic E-state index is 6.05. The molecule has 0 unspecified atom stereocenters. The standard InChI is InChI=1S/C14H14BrClN4/c15-13-9-17-10-18-14(13)20-6-4-19(5-7-20)12-3-1-2-11(16)8-12/h1-3,8-10H,4-7H2. The molecule has 2 heterocycles. The first kappa shape index (κ1) is 13.6. The molecule has 0 N–H and O–H groups in total. The molecule has 0 atom stereocenters. The molecule has 1 saturated heterocycles. The molecule has 4 nitrogen and oxygen atoms in total. The van der Waals surface area contributed by atoms with Crippen molar-refractivity contribution in [2.75, 3.05) is 36.0 Å². The molecular formula is C14H14BrClN4. The van der Waals surface area contributed by atoms with Gasteiger partial charge in [0.15, 0.2) is 0 Å². The van der Waals surface area contributed by atoms with Crippen molar-refractivity contribution in [3.63, 3.8) is 0 Å². The lowest BCUT2D eigenvalue weighted by molar-refractivity contribution is 0.645. The smallest absolute Gasteiger partial charge is 0.146 e. The Morgan fingerprint density at radius 2 is 1.85 bits per heavy atom. The Balaban J connectivity index is 1.70. The highest BCUT2D eigenvalue weighted by atomic mass is 79.9. The predicted octanol–water partition coefficient (Wildman–Crippen LogP) is 3.22. The molecule has 104 valence electrons. The summed E-state index contributed by atoms with van der Waals surface area (Å²) < 4.78 is 0.941. The summed E-state index contributed by atoms with van der Waals surface area (Å²) in [6.45, 7) is 3.78. The molecular weight excluding hydrogens is 340 g/mol. The van der Waals surface area contributed by atoms with Crippen LogP contribution in [0.2, 0.25) is 5.02 Å². The highest BCUT2D eigenvalue weighted by molar-refractivity contribution is 9.10. The topological polar surface area (TPSA) is 32.3 Å². The van der Waals surface area contributed by atoms with Crippen molar-refractivity contribution in [3.05, 3.63) is 46.3 Å². The van der Waals surface area contributed by atoms with E-state index >= 15 is 0 Å². The van der Waals surface area contributed by atoms with Crippen LogP contribution in [-0.4, -0.2) is 36.1 Å². The van der Waals surface area contributed by atoms with E-state index in [0.717, 1.165) is 41.5 Å². The minimum absolute atomic E-state index is 0.781. The van der Waals surface area contributed by atoms with Gasteiger partial charge in [-0.05, 0) is 34.1 Å². The second-order valence-corrected chi connectivity index (χ2v) is 5.94. The summed E-state index contributed by atoms with van der Waals surface area (Å²) in [6.07, 6.45) is 3.37. The maximum absolute atomic E-state index is 6.05. The third-order valence-electron chi connectivity index (χ3n) is 3.40. The number of rotatable bonds is 2. The fourth-order valence-corrected chi connectivity index (χ4v) is 3.04. The van der Waals surface area contributed by atoms with Crippen LogP contribution in [0.1, 0.15) is 0 Å². The van der Waals surface area contributed by atoms with Gasteiger partial charge in [0.05, 0.1) is 4.47 Å². The molecule has 3 rings (SSSR count). The van der Waals surface area contributed by atoms with Gasteiger partial charge < -0.3 is 9.80 Å². The molecule has 1 aromatic heterocycles. The zero-order valence-corrected chi connectivity index (χ0v) is 13.2. The van der Waals surface area contributed by atoms with E-state index in [4.69, 9.17) is 11.6 Å². The molecule has 0 bridgehead atoms. The summed E-state index contributed by atoms with van der Waals surface area (Å²) in [4.78, 5) is 13.0. The molecule has 1 aromatic carbocycles. The SMILES string of the molecule is Clc1cccc(N2CCN(c3ncncc3Br)CC2)c1. The second kappa shape index (κ2) is 5.97. The molecule has 0 spiro atoms. The van der Waals surface area contributed by atoms with Crippen LogP contribution < -0.4 is 9.80 Å². The fourth-order valence-electron chi connectivity index (χ4n) is 2.39. The van der Waals surface area contributed by atoms with Gasteiger partial charge in [-0.15, -0.1) is 0 Å². The van der Waals surface area contributed by atoms with Crippen LogP contribution >= 0.6 is 27.5 Å². The third kappa shape index (κ3) is 2.88. The highest BCUT2D eigenvalue weighted by Crippen LogP contribution is 2.25. The van der Waals surface area contributed by atoms with Crippen molar-refractivity contribution in [2.45, 2.75) is 0 Å². The average Bonchev–Trinajstić information content (AvgIpc) is 2.48. The van der Waals surface area contributed by atoms with E-state index in [1.165, 1.54) is 5.69 Å². The Kier molecular flexibility index (Phi) is 4.08. The first-order chi connectivity index (χ1) is 9.74. The molecule has 0 amide bonds. The van der Waals surface area contributed by atoms with Gasteiger partial charge in [0.2, 0.25) is 0 Å². The predicted molar refractivity (Wildman–Crippen MR) is 85.6 cm³/mol. The molecule has 0 aliphatic carbocycles. The number of piperazine rings is 1. The number of benzene rings is 1. The monoisotopic (exact) mass is 352 g/mol. The summed E-state index contributed by atoms with van der Waals surface area (Å²) in [5, 5.41) is 0.781. The number of nitrogens with zero attached hydrogens (tertiary/aromatic N) is 4. The lowest BCUT2D eigenvalue weighted by Gasteiger charge is -2.37. The molecule has 0 radical (unpaired) electrons. The molecule has 1 fully saturated rings. The summed E-state index contributed by atoms with van der Waals surface area (Å²) in [5.74, 6) is 0.964. The largest absolute Gasteiger partial charge is 0.368 e. The summed E-state index contributed by atoms with van der Waals surface area (Å²) in [5.41, 5.74) is 1.18. The van der Waals surface area contributed by atoms with Gasteiger partial charge >= 0.3 is 0 Å². The zero-order chi connectivity index (χ0) is 13.9. The normalized spacial score (nSPS) is 15.5. The number of aromatic nitrogens is 2. The Morgan fingerprint density at radius 3 is 2.55 bits per heavy atom. The average molecular weight is 354 g/mol. The Bertz CT molecular complexity index is 599. The zero-order valence-electron chi connectivity index (χ0n) is 10.8. The van der Waals surface area contributed by atoms with Crippen LogP contribution in [0.4, 0.5) is 11.5 Å². The molecule has 0 saturated carbocycles. The van der Waals surface area contributed by atoms with Gasteiger partial charge in [0.1, 0.15) is 12.1 Å². The maximum Gasteiger partial charge on any atom is 0.146 e. The second-order valence-electron chi connectivity index (χ2n) is 4.65. The van der Waals surface area contributed by atoms with Crippen molar-refractivity contribution in [3.8, 4) is 0 Å². The van der Waals surface area contributed by atoms with Gasteiger partial charge in [-0.1, -0.05) is 17.7 Å². The van der Waals surface area contributed by atoms with E-state index in [1.807, 2.05) is 18.2 Å². The van der Waals surface area contributed by atoms with Crippen molar-refractivity contribution >= 4 is 39.0 Å². The first-order valence-corrected chi connectivity index (χ1v) is 7.62. The van der Waals surface area contributed by atoms with Crippen LogP contribution in [0.3, 0.4) is 0 Å². The van der Waals surface area contributed by atoms with Gasteiger partial charge in [0, 0.05) is 43.1 Å². The molecule has 20 heavy (non-hydrogen) atoms. The summed E-state index contributed by atoms with van der Waals surface area (Å²) >= 11 is 9.55. The quantitative estimate of drug-likeness (QED) is 0.830. The Hall–Kier alpha value is -1.33. The van der Waals surface area contributed by atoms with Crippen molar-refractivity contribution in [2.24, 2.45) is 0 Å². The van der Waals surface area contributed by atoms with Crippen molar-refractivity contribution in [1.82, 2.24) is 9.97 Å². The Labute approximate surface area is 131 Å². The van der Waals surface area contributed by atoms with Crippen LogP contribution in [0.5, 0.6) is 0 Å². The fraction of sp³-hybridized carbons (Fsp3) is 0.286. The van der Waals surface area contributed by atoms with Crippen molar-refractivity contribution in [1.29, 1.82) is 0 Å². The lowest BCUT2D eigenvalue weighted by atomic mass is 10.2. The number of hydrogen-bond acceptors (Lipinski definition) is 4. The summed E-state index contributed by atoms with van der Waals surface area (Å²) in [7, 11) is 0. The number of anilines is 2. The number of hydrogen-bond donors (Lipinski definition) is 0. The molecule has 6 heteroatoms. The molecule has 2 aromatic rings. The van der Waals surface area contributed by atoms with E-state index in [1.54, 1.807) is 12.5 Å². The van der Waals surface area contributed by atoms with E-state index in [-0.39, 0.29) is 0 Å². The van der Waals surface area contributed by atoms with E-state index < -0.39 is 0 Å². The van der Waals surface area contributed by atoms with E-state index in [9.17, 15) is 0 Å². The van der Waals surface area contributed by atoms with Gasteiger partial charge in [-0.2, -0.15) is 0 Å². The van der Waals surface area contributed by atoms with Gasteiger partial charge in [-0.25, -0.2) is 9.97 Å². The minimum atomic E-state index is 0.781. The van der Waals surface area contributed by atoms with E-state index in [2.05, 4.69) is 41.8 Å². The van der Waals surface area contributed by atoms with Crippen LogP contribution in [0.15, 0.2) is 41.3 Å². The van der Waals surface area contributed by atoms with Crippen molar-refractivity contribution < 1.29 is 0 Å². The third-order valence-corrected chi connectivity index (χ3v) is 4.20. The van der Waals surface area contributed by atoms with Gasteiger partial charge in [-0.3, -0.25) is 0 Å². The van der Waals surface area contributed by atoms with Crippen LogP contribution in [0, 0.1) is 0 Å². The summed E-state index contributed by atoms with van der Waals surface area (Å²) in [6, 6.07) is 8.00.